The van der Waals surface area contributed by atoms with Crippen molar-refractivity contribution in [3.05, 3.63) is 22.7 Å². The van der Waals surface area contributed by atoms with Crippen LogP contribution >= 0.6 is 11.6 Å². The molecule has 1 N–H and O–H groups in total. The van der Waals surface area contributed by atoms with Crippen molar-refractivity contribution in [3.8, 4) is 0 Å². The lowest BCUT2D eigenvalue weighted by atomic mass is 10.2. The average Bonchev–Trinajstić information content (AvgIpc) is 2.69. The number of nitrogens with zero attached hydrogens (tertiary/aromatic N) is 3. The first-order valence-electron chi connectivity index (χ1n) is 6.25. The van der Waals surface area contributed by atoms with Crippen LogP contribution < -0.4 is 10.2 Å². The molecule has 1 aromatic heterocycles. The molecule has 5 heteroatoms. The molecule has 4 nitrogen and oxygen atoms in total. The number of imidazole rings is 1. The standard InChI is InChI=1S/C13H17ClN4/c1-9-7-10(14)8-11-12(9)16-13(17(11)2)18-5-3-15-4-6-18/h7-8,15H,3-6H2,1-2H3. The Hall–Kier alpha value is -1.26. The molecule has 0 bridgehead atoms. The van der Waals surface area contributed by atoms with Gasteiger partial charge in [-0.1, -0.05) is 11.6 Å². The van der Waals surface area contributed by atoms with Gasteiger partial charge in [-0.15, -0.1) is 0 Å². The summed E-state index contributed by atoms with van der Waals surface area (Å²) in [5.41, 5.74) is 3.29. The number of benzene rings is 1. The van der Waals surface area contributed by atoms with Gasteiger partial charge in [-0.3, -0.25) is 0 Å². The van der Waals surface area contributed by atoms with Crippen LogP contribution in [-0.2, 0) is 7.05 Å². The first-order chi connectivity index (χ1) is 8.66. The molecule has 18 heavy (non-hydrogen) atoms. The number of hydrogen-bond donors (Lipinski definition) is 1. The number of piperazine rings is 1. The van der Waals surface area contributed by atoms with Crippen molar-refractivity contribution >= 4 is 28.6 Å². The molecule has 0 unspecified atom stereocenters. The van der Waals surface area contributed by atoms with Crippen molar-refractivity contribution < 1.29 is 0 Å². The Kier molecular flexibility index (Phi) is 2.92. The van der Waals surface area contributed by atoms with Crippen LogP contribution in [0.25, 0.3) is 11.0 Å². The average molecular weight is 265 g/mol. The van der Waals surface area contributed by atoms with Crippen LogP contribution in [0.5, 0.6) is 0 Å². The van der Waals surface area contributed by atoms with Crippen LogP contribution in [0.4, 0.5) is 5.95 Å². The van der Waals surface area contributed by atoms with Gasteiger partial charge in [0.05, 0.1) is 11.0 Å². The van der Waals surface area contributed by atoms with Crippen molar-refractivity contribution in [2.45, 2.75) is 6.92 Å². The van der Waals surface area contributed by atoms with Crippen molar-refractivity contribution in [1.82, 2.24) is 14.9 Å². The summed E-state index contributed by atoms with van der Waals surface area (Å²) in [5.74, 6) is 1.04. The molecule has 0 saturated carbocycles. The summed E-state index contributed by atoms with van der Waals surface area (Å²) >= 11 is 6.13. The number of nitrogens with one attached hydrogen (secondary N) is 1. The van der Waals surface area contributed by atoms with E-state index < -0.39 is 0 Å². The largest absolute Gasteiger partial charge is 0.340 e. The van der Waals surface area contributed by atoms with E-state index in [-0.39, 0.29) is 0 Å². The molecular formula is C13H17ClN4. The number of aryl methyl sites for hydroxylation is 2. The quantitative estimate of drug-likeness (QED) is 0.855. The maximum atomic E-state index is 6.13. The zero-order valence-corrected chi connectivity index (χ0v) is 11.5. The zero-order chi connectivity index (χ0) is 12.7. The van der Waals surface area contributed by atoms with Crippen LogP contribution in [0.2, 0.25) is 5.02 Å². The Morgan fingerprint density at radius 3 is 2.72 bits per heavy atom. The summed E-state index contributed by atoms with van der Waals surface area (Å²) in [6, 6.07) is 3.96. The van der Waals surface area contributed by atoms with Gasteiger partial charge in [-0.25, -0.2) is 4.98 Å². The highest BCUT2D eigenvalue weighted by molar-refractivity contribution is 6.31. The van der Waals surface area contributed by atoms with Gasteiger partial charge in [0.2, 0.25) is 5.95 Å². The number of hydrogen-bond acceptors (Lipinski definition) is 3. The van der Waals surface area contributed by atoms with Gasteiger partial charge in [0, 0.05) is 38.2 Å². The Bertz CT molecular complexity index is 584. The third kappa shape index (κ3) is 1.85. The van der Waals surface area contributed by atoms with E-state index in [9.17, 15) is 0 Å². The van der Waals surface area contributed by atoms with Gasteiger partial charge in [0.1, 0.15) is 0 Å². The number of aromatic nitrogens is 2. The molecular weight excluding hydrogens is 248 g/mol. The van der Waals surface area contributed by atoms with Crippen LogP contribution in [0.1, 0.15) is 5.56 Å². The Morgan fingerprint density at radius 2 is 2.00 bits per heavy atom. The maximum Gasteiger partial charge on any atom is 0.206 e. The highest BCUT2D eigenvalue weighted by atomic mass is 35.5. The lowest BCUT2D eigenvalue weighted by Gasteiger charge is -2.28. The summed E-state index contributed by atoms with van der Waals surface area (Å²) < 4.78 is 2.14. The summed E-state index contributed by atoms with van der Waals surface area (Å²) in [5, 5.41) is 4.13. The molecule has 1 aliphatic heterocycles. The van der Waals surface area contributed by atoms with Crippen molar-refractivity contribution in [1.29, 1.82) is 0 Å². The fourth-order valence-electron chi connectivity index (χ4n) is 2.55. The van der Waals surface area contributed by atoms with E-state index in [2.05, 4.69) is 28.8 Å². The molecule has 0 atom stereocenters. The fourth-order valence-corrected chi connectivity index (χ4v) is 2.82. The third-order valence-electron chi connectivity index (χ3n) is 3.52. The molecule has 2 heterocycles. The normalized spacial score (nSPS) is 16.5. The highest BCUT2D eigenvalue weighted by Gasteiger charge is 2.18. The van der Waals surface area contributed by atoms with Gasteiger partial charge < -0.3 is 14.8 Å². The van der Waals surface area contributed by atoms with Gasteiger partial charge >= 0.3 is 0 Å². The minimum absolute atomic E-state index is 0.773. The second kappa shape index (κ2) is 4.44. The second-order valence-corrected chi connectivity index (χ2v) is 5.23. The molecule has 1 aliphatic rings. The molecule has 1 saturated heterocycles. The smallest absolute Gasteiger partial charge is 0.206 e. The Labute approximate surface area is 112 Å². The van der Waals surface area contributed by atoms with Gasteiger partial charge in [-0.2, -0.15) is 0 Å². The minimum Gasteiger partial charge on any atom is -0.340 e. The molecule has 0 radical (unpaired) electrons. The topological polar surface area (TPSA) is 33.1 Å². The molecule has 1 aromatic carbocycles. The first kappa shape index (κ1) is 11.8. The van der Waals surface area contributed by atoms with Crippen molar-refractivity contribution in [2.24, 2.45) is 7.05 Å². The first-order valence-corrected chi connectivity index (χ1v) is 6.63. The van der Waals surface area contributed by atoms with E-state index in [0.29, 0.717) is 0 Å². The number of anilines is 1. The molecule has 3 rings (SSSR count). The summed E-state index contributed by atoms with van der Waals surface area (Å²) in [6.07, 6.45) is 0. The van der Waals surface area contributed by atoms with Crippen LogP contribution in [0, 0.1) is 6.92 Å². The van der Waals surface area contributed by atoms with Crippen LogP contribution in [-0.4, -0.2) is 35.7 Å². The summed E-state index contributed by atoms with van der Waals surface area (Å²) in [4.78, 5) is 7.10. The maximum absolute atomic E-state index is 6.13. The van der Waals surface area contributed by atoms with Crippen molar-refractivity contribution in [3.63, 3.8) is 0 Å². The Morgan fingerprint density at radius 1 is 1.28 bits per heavy atom. The van der Waals surface area contributed by atoms with E-state index in [0.717, 1.165) is 53.7 Å². The third-order valence-corrected chi connectivity index (χ3v) is 3.74. The van der Waals surface area contributed by atoms with E-state index >= 15 is 0 Å². The van der Waals surface area contributed by atoms with E-state index in [4.69, 9.17) is 16.6 Å². The minimum atomic E-state index is 0.773. The lowest BCUT2D eigenvalue weighted by molar-refractivity contribution is 0.575. The predicted molar refractivity (Wildman–Crippen MR) is 75.5 cm³/mol. The van der Waals surface area contributed by atoms with Gasteiger partial charge in [0.25, 0.3) is 0 Å². The van der Waals surface area contributed by atoms with Gasteiger partial charge in [0.15, 0.2) is 0 Å². The molecule has 1 fully saturated rings. The highest BCUT2D eigenvalue weighted by Crippen LogP contribution is 2.27. The molecule has 96 valence electrons. The monoisotopic (exact) mass is 264 g/mol. The van der Waals surface area contributed by atoms with Crippen LogP contribution in [0.15, 0.2) is 12.1 Å². The van der Waals surface area contributed by atoms with Gasteiger partial charge in [-0.05, 0) is 24.6 Å². The van der Waals surface area contributed by atoms with E-state index in [1.165, 1.54) is 0 Å². The number of fused-ring (bicyclic) bond motifs is 1. The number of halogens is 1. The molecule has 0 amide bonds. The summed E-state index contributed by atoms with van der Waals surface area (Å²) in [6.45, 7) is 6.10. The van der Waals surface area contributed by atoms with E-state index in [1.54, 1.807) is 0 Å². The van der Waals surface area contributed by atoms with Crippen molar-refractivity contribution in [2.75, 3.05) is 31.1 Å². The summed E-state index contributed by atoms with van der Waals surface area (Å²) in [7, 11) is 2.06. The SMILES string of the molecule is Cc1cc(Cl)cc2c1nc(N1CCNCC1)n2C. The lowest BCUT2D eigenvalue weighted by Crippen LogP contribution is -2.44. The molecule has 0 aliphatic carbocycles. The number of rotatable bonds is 1. The molecule has 0 spiro atoms. The van der Waals surface area contributed by atoms with Crippen LogP contribution in [0.3, 0.4) is 0 Å². The fraction of sp³-hybridized carbons (Fsp3) is 0.462. The molecule has 2 aromatic rings. The Balaban J connectivity index is 2.13. The zero-order valence-electron chi connectivity index (χ0n) is 10.7. The predicted octanol–water partition coefficient (Wildman–Crippen LogP) is 1.94. The second-order valence-electron chi connectivity index (χ2n) is 4.80. The van der Waals surface area contributed by atoms with E-state index in [1.807, 2.05) is 12.1 Å².